The van der Waals surface area contributed by atoms with Crippen LogP contribution < -0.4 is 10.6 Å². The van der Waals surface area contributed by atoms with Crippen LogP contribution in [-0.2, 0) is 4.79 Å². The van der Waals surface area contributed by atoms with Crippen LogP contribution in [0.3, 0.4) is 0 Å². The van der Waals surface area contributed by atoms with E-state index < -0.39 is 0 Å². The first-order valence-electron chi connectivity index (χ1n) is 9.50. The Balaban J connectivity index is 0.00000364. The van der Waals surface area contributed by atoms with E-state index in [0.717, 1.165) is 45.0 Å². The highest BCUT2D eigenvalue weighted by Gasteiger charge is 2.22. The average Bonchev–Trinajstić information content (AvgIpc) is 3.16. The normalized spacial score (nSPS) is 17.1. The first-order valence-corrected chi connectivity index (χ1v) is 10.4. The zero-order valence-corrected chi connectivity index (χ0v) is 20.0. The number of aliphatic imine (C=N–C) groups is 1. The molecule has 1 aromatic heterocycles. The van der Waals surface area contributed by atoms with Crippen molar-refractivity contribution in [2.75, 3.05) is 46.8 Å². The van der Waals surface area contributed by atoms with E-state index in [1.165, 1.54) is 4.88 Å². The summed E-state index contributed by atoms with van der Waals surface area (Å²) in [7, 11) is 3.62. The number of hydrogen-bond acceptors (Lipinski definition) is 4. The van der Waals surface area contributed by atoms with Gasteiger partial charge in [-0.1, -0.05) is 13.0 Å². The van der Waals surface area contributed by atoms with E-state index in [4.69, 9.17) is 4.99 Å². The van der Waals surface area contributed by atoms with Crippen molar-refractivity contribution in [3.63, 3.8) is 0 Å². The smallest absolute Gasteiger partial charge is 0.236 e. The van der Waals surface area contributed by atoms with Crippen molar-refractivity contribution in [3.05, 3.63) is 22.4 Å². The fourth-order valence-corrected chi connectivity index (χ4v) is 3.75. The van der Waals surface area contributed by atoms with Crippen LogP contribution in [-0.4, -0.2) is 74.5 Å². The number of carbonyl (C=O) groups excluding carboxylic acids is 1. The van der Waals surface area contributed by atoms with Crippen LogP contribution in [0.1, 0.15) is 37.5 Å². The fraction of sp³-hybridized carbons (Fsp3) is 0.684. The maximum absolute atomic E-state index is 11.8. The van der Waals surface area contributed by atoms with Gasteiger partial charge in [0.15, 0.2) is 5.96 Å². The summed E-state index contributed by atoms with van der Waals surface area (Å²) in [5.74, 6) is 1.51. The third kappa shape index (κ3) is 8.35. The standard InChI is InChI=1S/C19H33N5OS.HI/c1-5-20-19(21-13-15(2)17-7-6-12-26-17)22-16-8-10-24(11-9-16)14-18(25)23(3)4;/h6-7,12,15-16H,5,8-11,13-14H2,1-4H3,(H2,20,21,22);1H. The number of thiophene rings is 1. The van der Waals surface area contributed by atoms with Gasteiger partial charge in [-0.25, -0.2) is 0 Å². The zero-order valence-electron chi connectivity index (χ0n) is 16.9. The molecule has 2 N–H and O–H groups in total. The van der Waals surface area contributed by atoms with Gasteiger partial charge in [-0.2, -0.15) is 0 Å². The molecule has 1 atom stereocenters. The third-order valence-electron chi connectivity index (χ3n) is 4.68. The van der Waals surface area contributed by atoms with Gasteiger partial charge in [0.1, 0.15) is 0 Å². The zero-order chi connectivity index (χ0) is 18.9. The summed E-state index contributed by atoms with van der Waals surface area (Å²) >= 11 is 1.79. The lowest BCUT2D eigenvalue weighted by Crippen LogP contribution is -2.50. The van der Waals surface area contributed by atoms with Crippen molar-refractivity contribution in [1.82, 2.24) is 20.4 Å². The molecule has 1 aromatic rings. The van der Waals surface area contributed by atoms with Crippen LogP contribution in [0.25, 0.3) is 0 Å². The number of hydrogen-bond donors (Lipinski definition) is 2. The predicted molar refractivity (Wildman–Crippen MR) is 125 cm³/mol. The van der Waals surface area contributed by atoms with E-state index in [1.807, 2.05) is 14.1 Å². The molecule has 6 nitrogen and oxygen atoms in total. The summed E-state index contributed by atoms with van der Waals surface area (Å²) in [5.41, 5.74) is 0. The highest BCUT2D eigenvalue weighted by Crippen LogP contribution is 2.20. The number of likely N-dealkylation sites (tertiary alicyclic amines) is 1. The molecule has 0 bridgehead atoms. The van der Waals surface area contributed by atoms with Gasteiger partial charge in [0.2, 0.25) is 5.91 Å². The molecule has 8 heteroatoms. The molecule has 1 aliphatic rings. The topological polar surface area (TPSA) is 60.0 Å². The molecule has 0 aromatic carbocycles. The van der Waals surface area contributed by atoms with Crippen molar-refractivity contribution in [2.45, 2.75) is 38.6 Å². The minimum Gasteiger partial charge on any atom is -0.357 e. The molecule has 0 radical (unpaired) electrons. The average molecular weight is 507 g/mol. The third-order valence-corrected chi connectivity index (χ3v) is 5.79. The molecule has 2 rings (SSSR count). The minimum atomic E-state index is 0. The number of carbonyl (C=O) groups is 1. The van der Waals surface area contributed by atoms with Gasteiger partial charge in [-0.15, -0.1) is 35.3 Å². The minimum absolute atomic E-state index is 0. The molecule has 2 heterocycles. The lowest BCUT2D eigenvalue weighted by Gasteiger charge is -2.33. The van der Waals surface area contributed by atoms with Crippen molar-refractivity contribution in [1.29, 1.82) is 0 Å². The number of rotatable bonds is 7. The highest BCUT2D eigenvalue weighted by molar-refractivity contribution is 14.0. The van der Waals surface area contributed by atoms with Gasteiger partial charge in [-0.3, -0.25) is 14.7 Å². The summed E-state index contributed by atoms with van der Waals surface area (Å²) < 4.78 is 0. The SMILES string of the molecule is CCNC(=NCC(C)c1cccs1)NC1CCN(CC(=O)N(C)C)CC1.I. The summed E-state index contributed by atoms with van der Waals surface area (Å²) in [6.07, 6.45) is 2.07. The molecule has 27 heavy (non-hydrogen) atoms. The maximum atomic E-state index is 11.8. The lowest BCUT2D eigenvalue weighted by molar-refractivity contribution is -0.130. The van der Waals surface area contributed by atoms with Crippen LogP contribution in [0.2, 0.25) is 0 Å². The first-order chi connectivity index (χ1) is 12.5. The molecule has 0 saturated carbocycles. The number of amides is 1. The molecular weight excluding hydrogens is 473 g/mol. The summed E-state index contributed by atoms with van der Waals surface area (Å²) in [6, 6.07) is 4.68. The van der Waals surface area contributed by atoms with E-state index in [0.29, 0.717) is 18.5 Å². The Labute approximate surface area is 184 Å². The highest BCUT2D eigenvalue weighted by atomic mass is 127. The van der Waals surface area contributed by atoms with Crippen molar-refractivity contribution >= 4 is 47.2 Å². The van der Waals surface area contributed by atoms with Crippen molar-refractivity contribution in [3.8, 4) is 0 Å². The second kappa shape index (κ2) is 12.6. The van der Waals surface area contributed by atoms with E-state index in [2.05, 4.69) is 46.9 Å². The quantitative estimate of drug-likeness (QED) is 0.339. The number of nitrogens with zero attached hydrogens (tertiary/aromatic N) is 3. The Hall–Kier alpha value is -0.870. The molecule has 0 aliphatic carbocycles. The molecule has 1 saturated heterocycles. The fourth-order valence-electron chi connectivity index (χ4n) is 2.97. The lowest BCUT2D eigenvalue weighted by atomic mass is 10.1. The molecular formula is C19H34IN5OS. The first kappa shape index (κ1) is 24.2. The van der Waals surface area contributed by atoms with Crippen LogP contribution >= 0.6 is 35.3 Å². The predicted octanol–water partition coefficient (Wildman–Crippen LogP) is 2.58. The van der Waals surface area contributed by atoms with Crippen LogP contribution in [0.5, 0.6) is 0 Å². The van der Waals surface area contributed by atoms with E-state index in [1.54, 1.807) is 16.2 Å². The van der Waals surface area contributed by atoms with Gasteiger partial charge in [0.25, 0.3) is 0 Å². The second-order valence-corrected chi connectivity index (χ2v) is 8.10. The largest absolute Gasteiger partial charge is 0.357 e. The maximum Gasteiger partial charge on any atom is 0.236 e. The van der Waals surface area contributed by atoms with Gasteiger partial charge >= 0.3 is 0 Å². The van der Waals surface area contributed by atoms with Gasteiger partial charge in [-0.05, 0) is 31.2 Å². The van der Waals surface area contributed by atoms with Gasteiger partial charge < -0.3 is 15.5 Å². The Morgan fingerprint density at radius 1 is 1.41 bits per heavy atom. The van der Waals surface area contributed by atoms with E-state index >= 15 is 0 Å². The number of halogens is 1. The Bertz CT molecular complexity index is 571. The molecule has 1 amide bonds. The Kier molecular flexibility index (Phi) is 11.2. The van der Waals surface area contributed by atoms with Crippen molar-refractivity contribution in [2.24, 2.45) is 4.99 Å². The van der Waals surface area contributed by atoms with Gasteiger partial charge in [0.05, 0.1) is 13.1 Å². The van der Waals surface area contributed by atoms with E-state index in [9.17, 15) is 4.79 Å². The monoisotopic (exact) mass is 507 g/mol. The summed E-state index contributed by atoms with van der Waals surface area (Å²) in [6.45, 7) is 8.37. The molecule has 1 unspecified atom stereocenters. The van der Waals surface area contributed by atoms with Crippen LogP contribution in [0, 0.1) is 0 Å². The summed E-state index contributed by atoms with van der Waals surface area (Å²) in [5, 5.41) is 9.05. The number of nitrogens with one attached hydrogen (secondary N) is 2. The van der Waals surface area contributed by atoms with Crippen molar-refractivity contribution < 1.29 is 4.79 Å². The second-order valence-electron chi connectivity index (χ2n) is 7.12. The molecule has 154 valence electrons. The van der Waals surface area contributed by atoms with Crippen LogP contribution in [0.15, 0.2) is 22.5 Å². The molecule has 0 spiro atoms. The number of likely N-dealkylation sites (N-methyl/N-ethyl adjacent to an activating group) is 1. The number of guanidine groups is 1. The van der Waals surface area contributed by atoms with Gasteiger partial charge in [0, 0.05) is 50.6 Å². The molecule has 1 fully saturated rings. The Morgan fingerprint density at radius 3 is 2.67 bits per heavy atom. The summed E-state index contributed by atoms with van der Waals surface area (Å²) in [4.78, 5) is 21.9. The van der Waals surface area contributed by atoms with Crippen LogP contribution in [0.4, 0.5) is 0 Å². The number of piperidine rings is 1. The van der Waals surface area contributed by atoms with E-state index in [-0.39, 0.29) is 29.9 Å². The Morgan fingerprint density at radius 2 is 2.11 bits per heavy atom. The molecule has 1 aliphatic heterocycles.